The van der Waals surface area contributed by atoms with Crippen LogP contribution in [-0.4, -0.2) is 26.2 Å². The highest BCUT2D eigenvalue weighted by Gasteiger charge is 2.46. The zero-order chi connectivity index (χ0) is 19.4. The lowest BCUT2D eigenvalue weighted by molar-refractivity contribution is -0.0429. The summed E-state index contributed by atoms with van der Waals surface area (Å²) in [4.78, 5) is 5.04. The van der Waals surface area contributed by atoms with Crippen LogP contribution in [0.3, 0.4) is 0 Å². The van der Waals surface area contributed by atoms with E-state index in [4.69, 9.17) is 16.4 Å². The van der Waals surface area contributed by atoms with Gasteiger partial charge in [-0.25, -0.2) is 0 Å². The van der Waals surface area contributed by atoms with Gasteiger partial charge in [-0.2, -0.15) is 21.6 Å². The third-order valence-corrected chi connectivity index (χ3v) is 4.45. The number of hydrogen-bond donors (Lipinski definition) is 1. The van der Waals surface area contributed by atoms with Crippen LogP contribution in [0, 0.1) is 0 Å². The molecule has 1 N–H and O–H groups in total. The second kappa shape index (κ2) is 7.96. The molecule has 0 fully saturated rings. The van der Waals surface area contributed by atoms with Crippen LogP contribution in [0.1, 0.15) is 18.1 Å². The van der Waals surface area contributed by atoms with Gasteiger partial charge in [0, 0.05) is 16.1 Å². The van der Waals surface area contributed by atoms with E-state index in [1.54, 1.807) is 37.3 Å². The molecule has 5 nitrogen and oxygen atoms in total. The Labute approximate surface area is 153 Å². The van der Waals surface area contributed by atoms with Gasteiger partial charge in [0.2, 0.25) is 0 Å². The summed E-state index contributed by atoms with van der Waals surface area (Å²) < 4.78 is 62.7. The van der Waals surface area contributed by atoms with Crippen molar-refractivity contribution >= 4 is 33.0 Å². The van der Waals surface area contributed by atoms with Crippen LogP contribution in [0.4, 0.5) is 18.9 Å². The largest absolute Gasteiger partial charge is 0.516 e. The van der Waals surface area contributed by atoms with Gasteiger partial charge in [0.05, 0.1) is 5.69 Å². The number of benzene rings is 2. The van der Waals surface area contributed by atoms with Crippen molar-refractivity contribution in [3.63, 3.8) is 0 Å². The molecule has 0 saturated heterocycles. The van der Waals surface area contributed by atoms with Gasteiger partial charge in [-0.15, -0.1) is 0 Å². The second-order valence-corrected chi connectivity index (χ2v) is 7.08. The third-order valence-electron chi connectivity index (χ3n) is 3.12. The number of hydrogen-bond acceptors (Lipinski definition) is 4. The number of alkyl halides is 3. The molecule has 0 radical (unpaired) electrons. The van der Waals surface area contributed by atoms with Crippen molar-refractivity contribution in [2.24, 2.45) is 5.16 Å². The molecule has 2 aromatic carbocycles. The molecule has 0 atom stereocenters. The summed E-state index contributed by atoms with van der Waals surface area (Å²) in [7, 11) is -5.61. The number of anilines is 1. The van der Waals surface area contributed by atoms with Crippen LogP contribution in [0.5, 0.6) is 0 Å². The number of oxime groups is 1. The standard InChI is InChI=1S/C16H14ClF3N2O3S/c1-2-25-21-15(11-6-4-3-5-7-11)13-10-12(17)8-9-14(13)22-26(23,24)16(18,19)20/h3-10,22H,2H2,1H3/b21-15-. The maximum absolute atomic E-state index is 12.7. The van der Waals surface area contributed by atoms with E-state index in [1.165, 1.54) is 16.9 Å². The van der Waals surface area contributed by atoms with Gasteiger partial charge in [0.25, 0.3) is 0 Å². The second-order valence-electron chi connectivity index (χ2n) is 4.96. The zero-order valence-corrected chi connectivity index (χ0v) is 15.0. The lowest BCUT2D eigenvalue weighted by atomic mass is 10.0. The first kappa shape index (κ1) is 20.1. The lowest BCUT2D eigenvalue weighted by Gasteiger charge is -2.16. The molecule has 0 aromatic heterocycles. The molecule has 0 aliphatic heterocycles. The molecule has 0 heterocycles. The Kier molecular flexibility index (Phi) is 6.14. The predicted octanol–water partition coefficient (Wildman–Crippen LogP) is 4.39. The van der Waals surface area contributed by atoms with Crippen LogP contribution >= 0.6 is 11.6 Å². The molecule has 2 aromatic rings. The monoisotopic (exact) mass is 406 g/mol. The van der Waals surface area contributed by atoms with Crippen molar-refractivity contribution in [2.45, 2.75) is 12.4 Å². The summed E-state index contributed by atoms with van der Waals surface area (Å²) in [5.74, 6) is 0. The van der Waals surface area contributed by atoms with Gasteiger partial charge in [-0.05, 0) is 25.1 Å². The minimum Gasteiger partial charge on any atom is -0.396 e. The minimum absolute atomic E-state index is 0.0463. The Morgan fingerprint density at radius 3 is 2.42 bits per heavy atom. The summed E-state index contributed by atoms with van der Waals surface area (Å²) in [5, 5.41) is 4.11. The Hall–Kier alpha value is -2.26. The molecule has 0 unspecified atom stereocenters. The highest BCUT2D eigenvalue weighted by atomic mass is 35.5. The van der Waals surface area contributed by atoms with Crippen molar-refractivity contribution in [2.75, 3.05) is 11.3 Å². The van der Waals surface area contributed by atoms with E-state index >= 15 is 0 Å². The predicted molar refractivity (Wildman–Crippen MR) is 93.8 cm³/mol. The molecule has 0 aliphatic rings. The van der Waals surface area contributed by atoms with E-state index < -0.39 is 15.5 Å². The Morgan fingerprint density at radius 2 is 1.85 bits per heavy atom. The molecule has 0 bridgehead atoms. The average Bonchev–Trinajstić information content (AvgIpc) is 2.57. The molecule has 0 amide bonds. The normalized spacial score (nSPS) is 12.7. The molecule has 26 heavy (non-hydrogen) atoms. The Balaban J connectivity index is 2.61. The first-order chi connectivity index (χ1) is 12.2. The summed E-state index contributed by atoms with van der Waals surface area (Å²) in [6.45, 7) is 1.89. The smallest absolute Gasteiger partial charge is 0.396 e. The first-order valence-corrected chi connectivity index (χ1v) is 9.16. The van der Waals surface area contributed by atoms with Crippen LogP contribution in [0.2, 0.25) is 5.02 Å². The fourth-order valence-corrected chi connectivity index (χ4v) is 2.74. The average molecular weight is 407 g/mol. The van der Waals surface area contributed by atoms with Crippen LogP contribution in [0.15, 0.2) is 53.7 Å². The SMILES string of the molecule is CCO/N=C(/c1ccccc1)c1cc(Cl)ccc1NS(=O)(=O)C(F)(F)F. The first-order valence-electron chi connectivity index (χ1n) is 7.30. The fraction of sp³-hybridized carbons (Fsp3) is 0.188. The van der Waals surface area contributed by atoms with Crippen molar-refractivity contribution in [3.05, 3.63) is 64.7 Å². The quantitative estimate of drug-likeness (QED) is 0.571. The lowest BCUT2D eigenvalue weighted by Crippen LogP contribution is -2.30. The van der Waals surface area contributed by atoms with Crippen molar-refractivity contribution in [1.82, 2.24) is 0 Å². The van der Waals surface area contributed by atoms with Crippen LogP contribution in [-0.2, 0) is 14.9 Å². The van der Waals surface area contributed by atoms with E-state index in [2.05, 4.69) is 5.16 Å². The maximum atomic E-state index is 12.7. The third kappa shape index (κ3) is 4.67. The Bertz CT molecular complexity index is 901. The van der Waals surface area contributed by atoms with Gasteiger partial charge in [0.15, 0.2) is 0 Å². The fourth-order valence-electron chi connectivity index (χ4n) is 1.99. The van der Waals surface area contributed by atoms with Crippen molar-refractivity contribution in [1.29, 1.82) is 0 Å². The summed E-state index contributed by atoms with van der Waals surface area (Å²) in [6.07, 6.45) is 0. The molecule has 0 spiro atoms. The van der Waals surface area contributed by atoms with Gasteiger partial charge in [0.1, 0.15) is 12.3 Å². The number of nitrogens with zero attached hydrogens (tertiary/aromatic N) is 1. The molecule has 0 saturated carbocycles. The van der Waals surface area contributed by atoms with E-state index in [9.17, 15) is 21.6 Å². The molecular formula is C16H14ClF3N2O3S. The van der Waals surface area contributed by atoms with E-state index in [0.29, 0.717) is 5.56 Å². The highest BCUT2D eigenvalue weighted by Crippen LogP contribution is 2.30. The van der Waals surface area contributed by atoms with E-state index in [1.807, 2.05) is 0 Å². The summed E-state index contributed by atoms with van der Waals surface area (Å²) in [5.41, 5.74) is -5.10. The molecule has 2 rings (SSSR count). The highest BCUT2D eigenvalue weighted by molar-refractivity contribution is 7.93. The molecule has 140 valence electrons. The Morgan fingerprint density at radius 1 is 1.19 bits per heavy atom. The number of nitrogens with one attached hydrogen (secondary N) is 1. The van der Waals surface area contributed by atoms with Gasteiger partial charge in [-0.3, -0.25) is 4.72 Å². The number of sulfonamides is 1. The topological polar surface area (TPSA) is 67.8 Å². The van der Waals surface area contributed by atoms with Gasteiger partial charge >= 0.3 is 15.5 Å². The van der Waals surface area contributed by atoms with Crippen molar-refractivity contribution < 1.29 is 26.4 Å². The molecule has 0 aliphatic carbocycles. The van der Waals surface area contributed by atoms with E-state index in [0.717, 1.165) is 6.07 Å². The van der Waals surface area contributed by atoms with E-state index in [-0.39, 0.29) is 28.6 Å². The molecular weight excluding hydrogens is 393 g/mol. The molecule has 10 heteroatoms. The number of rotatable bonds is 6. The summed E-state index contributed by atoms with van der Waals surface area (Å²) >= 11 is 5.95. The van der Waals surface area contributed by atoms with Crippen molar-refractivity contribution in [3.8, 4) is 0 Å². The van der Waals surface area contributed by atoms with Crippen LogP contribution < -0.4 is 4.72 Å². The van der Waals surface area contributed by atoms with Crippen LogP contribution in [0.25, 0.3) is 0 Å². The van der Waals surface area contributed by atoms with Gasteiger partial charge in [-0.1, -0.05) is 47.1 Å². The maximum Gasteiger partial charge on any atom is 0.516 e. The summed E-state index contributed by atoms with van der Waals surface area (Å²) in [6, 6.07) is 12.1. The zero-order valence-electron chi connectivity index (χ0n) is 13.4. The van der Waals surface area contributed by atoms with Gasteiger partial charge < -0.3 is 4.84 Å². The minimum atomic E-state index is -5.61. The number of halogens is 4.